The molecule has 1 nitrogen and oxygen atoms in total. The Balaban J connectivity index is 1.71. The quantitative estimate of drug-likeness (QED) is 0.544. The monoisotopic (exact) mass is 312 g/mol. The van der Waals surface area contributed by atoms with Crippen LogP contribution in [0.25, 0.3) is 6.08 Å². The van der Waals surface area contributed by atoms with Crippen molar-refractivity contribution in [1.29, 1.82) is 0 Å². The number of rotatable bonds is 6. The van der Waals surface area contributed by atoms with Crippen LogP contribution in [-0.4, -0.2) is 5.78 Å². The van der Waals surface area contributed by atoms with Crippen molar-refractivity contribution in [1.82, 2.24) is 0 Å². The van der Waals surface area contributed by atoms with Gasteiger partial charge in [-0.25, -0.2) is 0 Å². The maximum atomic E-state index is 12.7. The van der Waals surface area contributed by atoms with E-state index < -0.39 is 0 Å². The van der Waals surface area contributed by atoms with Gasteiger partial charge in [0.2, 0.25) is 0 Å². The summed E-state index contributed by atoms with van der Waals surface area (Å²) in [4.78, 5) is 12.7. The predicted molar refractivity (Wildman–Crippen MR) is 100 cm³/mol. The van der Waals surface area contributed by atoms with Crippen LogP contribution in [0.15, 0.2) is 91.0 Å². The molecular weight excluding hydrogens is 292 g/mol. The van der Waals surface area contributed by atoms with Gasteiger partial charge in [0, 0.05) is 11.1 Å². The highest BCUT2D eigenvalue weighted by molar-refractivity contribution is 6.09. The van der Waals surface area contributed by atoms with Crippen molar-refractivity contribution in [2.24, 2.45) is 0 Å². The molecule has 0 unspecified atom stereocenters. The molecule has 0 heterocycles. The largest absolute Gasteiger partial charge is 0.289 e. The van der Waals surface area contributed by atoms with Gasteiger partial charge in [-0.15, -0.1) is 0 Å². The Morgan fingerprint density at radius 2 is 1.38 bits per heavy atom. The molecule has 0 saturated carbocycles. The number of carbonyl (C=O) groups excluding carboxylic acids is 1. The van der Waals surface area contributed by atoms with Crippen molar-refractivity contribution in [2.75, 3.05) is 0 Å². The number of hydrogen-bond donors (Lipinski definition) is 0. The normalized spacial score (nSPS) is 10.8. The summed E-state index contributed by atoms with van der Waals surface area (Å²) < 4.78 is 0. The lowest BCUT2D eigenvalue weighted by Crippen LogP contribution is -2.05. The summed E-state index contributed by atoms with van der Waals surface area (Å²) in [6.45, 7) is 0. The zero-order valence-electron chi connectivity index (χ0n) is 13.6. The lowest BCUT2D eigenvalue weighted by molar-refractivity contribution is 0.103. The van der Waals surface area contributed by atoms with E-state index in [4.69, 9.17) is 0 Å². The number of ketones is 1. The van der Waals surface area contributed by atoms with Crippen molar-refractivity contribution in [2.45, 2.75) is 12.8 Å². The Kier molecular flexibility index (Phi) is 5.36. The van der Waals surface area contributed by atoms with Gasteiger partial charge in [-0.05, 0) is 24.0 Å². The fraction of sp³-hybridized carbons (Fsp3) is 0.0870. The summed E-state index contributed by atoms with van der Waals surface area (Å²) in [7, 11) is 0. The smallest absolute Gasteiger partial charge is 0.193 e. The maximum absolute atomic E-state index is 12.7. The van der Waals surface area contributed by atoms with Crippen molar-refractivity contribution in [3.8, 4) is 0 Å². The second-order valence-corrected chi connectivity index (χ2v) is 5.70. The average Bonchev–Trinajstić information content (AvgIpc) is 2.66. The molecule has 0 aliphatic heterocycles. The Morgan fingerprint density at radius 1 is 0.750 bits per heavy atom. The van der Waals surface area contributed by atoms with E-state index in [1.54, 1.807) is 0 Å². The molecule has 3 rings (SSSR count). The van der Waals surface area contributed by atoms with Gasteiger partial charge in [0.05, 0.1) is 0 Å². The Labute approximate surface area is 143 Å². The Hall–Kier alpha value is -2.93. The first-order valence-corrected chi connectivity index (χ1v) is 8.24. The summed E-state index contributed by atoms with van der Waals surface area (Å²) in [6.07, 6.45) is 6.06. The van der Waals surface area contributed by atoms with E-state index >= 15 is 0 Å². The van der Waals surface area contributed by atoms with E-state index in [1.165, 1.54) is 5.56 Å². The standard InChI is InChI=1S/C23H20O/c24-23(21-16-5-2-6-17-21)22-18-10-9-15-20(22)14-8-7-13-19-11-3-1-4-12-19/h1-7,9-13,15-18H,8,14H2/b13-7-. The lowest BCUT2D eigenvalue weighted by Gasteiger charge is -2.07. The number of allylic oxidation sites excluding steroid dienone is 1. The third kappa shape index (κ3) is 4.08. The third-order valence-electron chi connectivity index (χ3n) is 3.99. The minimum Gasteiger partial charge on any atom is -0.289 e. The van der Waals surface area contributed by atoms with Crippen LogP contribution in [0.4, 0.5) is 0 Å². The van der Waals surface area contributed by atoms with Gasteiger partial charge < -0.3 is 0 Å². The van der Waals surface area contributed by atoms with Crippen LogP contribution >= 0.6 is 0 Å². The van der Waals surface area contributed by atoms with Crippen molar-refractivity contribution in [3.05, 3.63) is 113 Å². The van der Waals surface area contributed by atoms with Gasteiger partial charge in [-0.2, -0.15) is 0 Å². The van der Waals surface area contributed by atoms with E-state index in [-0.39, 0.29) is 5.78 Å². The molecule has 0 spiro atoms. The van der Waals surface area contributed by atoms with Crippen LogP contribution in [0.2, 0.25) is 0 Å². The molecule has 1 heteroatoms. The minimum absolute atomic E-state index is 0.0956. The first-order valence-electron chi connectivity index (χ1n) is 8.24. The molecule has 0 radical (unpaired) electrons. The fourth-order valence-corrected chi connectivity index (χ4v) is 2.73. The van der Waals surface area contributed by atoms with Crippen molar-refractivity contribution in [3.63, 3.8) is 0 Å². The molecule has 3 aromatic rings. The van der Waals surface area contributed by atoms with Gasteiger partial charge in [-0.3, -0.25) is 4.79 Å². The maximum Gasteiger partial charge on any atom is 0.193 e. The predicted octanol–water partition coefficient (Wildman–Crippen LogP) is 5.56. The molecule has 0 bridgehead atoms. The van der Waals surface area contributed by atoms with Crippen LogP contribution in [0, 0.1) is 0 Å². The molecular formula is C23H20O. The third-order valence-corrected chi connectivity index (χ3v) is 3.99. The second kappa shape index (κ2) is 8.07. The summed E-state index contributed by atoms with van der Waals surface area (Å²) in [5.74, 6) is 0.0956. The summed E-state index contributed by atoms with van der Waals surface area (Å²) in [5, 5.41) is 0. The van der Waals surface area contributed by atoms with Gasteiger partial charge >= 0.3 is 0 Å². The molecule has 24 heavy (non-hydrogen) atoms. The van der Waals surface area contributed by atoms with E-state index in [0.717, 1.165) is 29.5 Å². The fourth-order valence-electron chi connectivity index (χ4n) is 2.73. The van der Waals surface area contributed by atoms with Crippen molar-refractivity contribution >= 4 is 11.9 Å². The van der Waals surface area contributed by atoms with Gasteiger partial charge in [-0.1, -0.05) is 97.1 Å². The number of carbonyl (C=O) groups is 1. The molecule has 0 N–H and O–H groups in total. The van der Waals surface area contributed by atoms with E-state index in [2.05, 4.69) is 24.3 Å². The number of hydrogen-bond acceptors (Lipinski definition) is 1. The molecule has 0 fully saturated rings. The summed E-state index contributed by atoms with van der Waals surface area (Å²) in [6, 6.07) is 27.6. The van der Waals surface area contributed by atoms with E-state index in [9.17, 15) is 4.79 Å². The summed E-state index contributed by atoms with van der Waals surface area (Å²) in [5.41, 5.74) is 3.84. The highest BCUT2D eigenvalue weighted by Crippen LogP contribution is 2.16. The zero-order chi connectivity index (χ0) is 16.6. The van der Waals surface area contributed by atoms with Crippen LogP contribution in [0.1, 0.15) is 33.5 Å². The van der Waals surface area contributed by atoms with Crippen molar-refractivity contribution < 1.29 is 4.79 Å². The van der Waals surface area contributed by atoms with Crippen LogP contribution < -0.4 is 0 Å². The van der Waals surface area contributed by atoms with Gasteiger partial charge in [0.25, 0.3) is 0 Å². The zero-order valence-corrected chi connectivity index (χ0v) is 13.6. The molecule has 0 aliphatic rings. The Bertz CT molecular complexity index is 817. The first kappa shape index (κ1) is 15.9. The van der Waals surface area contributed by atoms with Crippen LogP contribution in [0.5, 0.6) is 0 Å². The average molecular weight is 312 g/mol. The minimum atomic E-state index is 0.0956. The lowest BCUT2D eigenvalue weighted by atomic mass is 9.96. The number of aryl methyl sites for hydroxylation is 1. The SMILES string of the molecule is O=C(c1ccccc1)c1ccccc1CC/C=C\c1ccccc1. The molecule has 0 saturated heterocycles. The van der Waals surface area contributed by atoms with Crippen LogP contribution in [0.3, 0.4) is 0 Å². The molecule has 0 amide bonds. The van der Waals surface area contributed by atoms with Crippen LogP contribution in [-0.2, 0) is 6.42 Å². The molecule has 0 aliphatic carbocycles. The molecule has 0 aromatic heterocycles. The first-order chi connectivity index (χ1) is 11.8. The second-order valence-electron chi connectivity index (χ2n) is 5.70. The molecule has 0 atom stereocenters. The molecule has 3 aromatic carbocycles. The van der Waals surface area contributed by atoms with E-state index in [1.807, 2.05) is 72.8 Å². The molecule has 118 valence electrons. The topological polar surface area (TPSA) is 17.1 Å². The highest BCUT2D eigenvalue weighted by Gasteiger charge is 2.12. The Morgan fingerprint density at radius 3 is 2.12 bits per heavy atom. The number of benzene rings is 3. The van der Waals surface area contributed by atoms with Gasteiger partial charge in [0.1, 0.15) is 0 Å². The summed E-state index contributed by atoms with van der Waals surface area (Å²) >= 11 is 0. The van der Waals surface area contributed by atoms with E-state index in [0.29, 0.717) is 0 Å². The highest BCUT2D eigenvalue weighted by atomic mass is 16.1. The van der Waals surface area contributed by atoms with Gasteiger partial charge in [0.15, 0.2) is 5.78 Å².